The van der Waals surface area contributed by atoms with Gasteiger partial charge in [0.25, 0.3) is 10.2 Å². The first-order valence-corrected chi connectivity index (χ1v) is 7.45. The zero-order valence-electron chi connectivity index (χ0n) is 9.48. The number of anilines is 1. The van der Waals surface area contributed by atoms with Crippen molar-refractivity contribution in [3.8, 4) is 0 Å². The number of hydrogen-bond donors (Lipinski definition) is 2. The van der Waals surface area contributed by atoms with Gasteiger partial charge < -0.3 is 0 Å². The summed E-state index contributed by atoms with van der Waals surface area (Å²) in [5.74, 6) is 0. The Hall–Kier alpha value is -0.510. The van der Waals surface area contributed by atoms with Crippen LogP contribution in [0, 0.1) is 6.92 Å². The predicted octanol–water partition coefficient (Wildman–Crippen LogP) is 3.22. The van der Waals surface area contributed by atoms with Crippen LogP contribution in [0.4, 0.5) is 18.9 Å². The summed E-state index contributed by atoms with van der Waals surface area (Å²) in [6.45, 7) is 0.0484. The van der Waals surface area contributed by atoms with Crippen LogP contribution in [0.2, 0.25) is 5.02 Å². The average molecular weight is 382 g/mol. The fraction of sp³-hybridized carbons (Fsp3) is 0.333. The van der Waals surface area contributed by atoms with Gasteiger partial charge in [-0.05, 0) is 40.5 Å². The monoisotopic (exact) mass is 380 g/mol. The summed E-state index contributed by atoms with van der Waals surface area (Å²) in [6.07, 6.45) is -4.63. The van der Waals surface area contributed by atoms with E-state index < -0.39 is 22.9 Å². The summed E-state index contributed by atoms with van der Waals surface area (Å²) in [4.78, 5) is 0. The average Bonchev–Trinajstić information content (AvgIpc) is 2.22. The highest BCUT2D eigenvalue weighted by Crippen LogP contribution is 2.29. The van der Waals surface area contributed by atoms with Crippen molar-refractivity contribution in [3.63, 3.8) is 0 Å². The summed E-state index contributed by atoms with van der Waals surface area (Å²) in [5.41, 5.74) is 0.741. The second-order valence-electron chi connectivity index (χ2n) is 3.62. The summed E-state index contributed by atoms with van der Waals surface area (Å²) in [5, 5.41) is 0.289. The first kappa shape index (κ1) is 16.5. The molecule has 0 aliphatic rings. The second kappa shape index (κ2) is 5.86. The number of nitrogens with one attached hydrogen (secondary N) is 2. The van der Waals surface area contributed by atoms with Gasteiger partial charge in [-0.3, -0.25) is 4.72 Å². The SMILES string of the molecule is Cc1cc(Br)c(NS(=O)(=O)NCC(F)(F)F)cc1Cl. The minimum absolute atomic E-state index is 0.0466. The second-order valence-corrected chi connectivity index (χ2v) is 6.38. The number of benzene rings is 1. The molecular weight excluding hydrogens is 373 g/mol. The molecular formula is C9H9BrClF3N2O2S. The molecule has 1 aromatic rings. The Kier molecular flexibility index (Phi) is 5.10. The molecule has 0 spiro atoms. The highest BCUT2D eigenvalue weighted by atomic mass is 79.9. The topological polar surface area (TPSA) is 58.2 Å². The van der Waals surface area contributed by atoms with Crippen LogP contribution in [0.3, 0.4) is 0 Å². The van der Waals surface area contributed by atoms with Crippen molar-refractivity contribution in [1.82, 2.24) is 4.72 Å². The summed E-state index contributed by atoms with van der Waals surface area (Å²) < 4.78 is 62.3. The first-order chi connectivity index (χ1) is 8.50. The van der Waals surface area contributed by atoms with Crippen molar-refractivity contribution in [2.45, 2.75) is 13.1 Å². The van der Waals surface area contributed by atoms with Crippen molar-refractivity contribution >= 4 is 43.4 Å². The normalized spacial score (nSPS) is 12.5. The Morgan fingerprint density at radius 3 is 2.47 bits per heavy atom. The molecule has 0 unspecified atom stereocenters. The number of aryl methyl sites for hydroxylation is 1. The van der Waals surface area contributed by atoms with Crippen molar-refractivity contribution in [1.29, 1.82) is 0 Å². The molecule has 0 heterocycles. The van der Waals surface area contributed by atoms with E-state index >= 15 is 0 Å². The lowest BCUT2D eigenvalue weighted by atomic mass is 10.2. The van der Waals surface area contributed by atoms with Crippen LogP contribution in [0.25, 0.3) is 0 Å². The van der Waals surface area contributed by atoms with Crippen molar-refractivity contribution in [3.05, 3.63) is 27.2 Å². The molecule has 1 aromatic carbocycles. The van der Waals surface area contributed by atoms with Crippen LogP contribution in [0.15, 0.2) is 16.6 Å². The number of rotatable bonds is 4. The molecule has 0 aliphatic heterocycles. The standard InChI is InChI=1S/C9H9BrClF3N2O2S/c1-5-2-6(10)8(3-7(5)11)16-19(17,18)15-4-9(12,13)14/h2-3,15-16H,4H2,1H3. The smallest absolute Gasteiger partial charge is 0.270 e. The summed E-state index contributed by atoms with van der Waals surface area (Å²) in [6, 6.07) is 2.84. The lowest BCUT2D eigenvalue weighted by molar-refractivity contribution is -0.121. The quantitative estimate of drug-likeness (QED) is 0.841. The highest BCUT2D eigenvalue weighted by molar-refractivity contribution is 9.10. The zero-order chi connectivity index (χ0) is 14.8. The van der Waals surface area contributed by atoms with E-state index in [9.17, 15) is 21.6 Å². The molecule has 0 saturated carbocycles. The van der Waals surface area contributed by atoms with Crippen molar-refractivity contribution in [2.75, 3.05) is 11.3 Å². The van der Waals surface area contributed by atoms with E-state index in [1.165, 1.54) is 10.8 Å². The molecule has 1 rings (SSSR count). The van der Waals surface area contributed by atoms with E-state index in [0.717, 1.165) is 0 Å². The molecule has 10 heteroatoms. The van der Waals surface area contributed by atoms with E-state index in [0.29, 0.717) is 10.0 Å². The van der Waals surface area contributed by atoms with Gasteiger partial charge in [-0.1, -0.05) is 11.6 Å². The van der Waals surface area contributed by atoms with Crippen LogP contribution in [-0.2, 0) is 10.2 Å². The fourth-order valence-corrected chi connectivity index (χ4v) is 2.82. The molecule has 2 N–H and O–H groups in total. The van der Waals surface area contributed by atoms with E-state index in [1.807, 2.05) is 4.72 Å². The van der Waals surface area contributed by atoms with Gasteiger partial charge >= 0.3 is 6.18 Å². The maximum absolute atomic E-state index is 11.9. The Morgan fingerprint density at radius 1 is 1.37 bits per heavy atom. The molecule has 0 atom stereocenters. The van der Waals surface area contributed by atoms with E-state index in [-0.39, 0.29) is 10.7 Å². The lowest BCUT2D eigenvalue weighted by Crippen LogP contribution is -2.37. The Balaban J connectivity index is 2.87. The van der Waals surface area contributed by atoms with Gasteiger partial charge in [0.2, 0.25) is 0 Å². The van der Waals surface area contributed by atoms with Gasteiger partial charge in [0.1, 0.15) is 6.54 Å². The summed E-state index contributed by atoms with van der Waals surface area (Å²) in [7, 11) is -4.33. The lowest BCUT2D eigenvalue weighted by Gasteiger charge is -2.13. The van der Waals surface area contributed by atoms with Gasteiger partial charge in [-0.25, -0.2) is 0 Å². The highest BCUT2D eigenvalue weighted by Gasteiger charge is 2.29. The summed E-state index contributed by atoms with van der Waals surface area (Å²) >= 11 is 8.90. The van der Waals surface area contributed by atoms with Crippen LogP contribution in [0.1, 0.15) is 5.56 Å². The molecule has 0 radical (unpaired) electrons. The van der Waals surface area contributed by atoms with Crippen LogP contribution >= 0.6 is 27.5 Å². The largest absolute Gasteiger partial charge is 0.402 e. The molecule has 0 bridgehead atoms. The number of hydrogen-bond acceptors (Lipinski definition) is 2. The molecule has 19 heavy (non-hydrogen) atoms. The molecule has 0 aromatic heterocycles. The van der Waals surface area contributed by atoms with Crippen molar-refractivity contribution < 1.29 is 21.6 Å². The minimum atomic E-state index is -4.63. The fourth-order valence-electron chi connectivity index (χ4n) is 1.08. The van der Waals surface area contributed by atoms with Gasteiger partial charge in [0.15, 0.2) is 0 Å². The Bertz CT molecular complexity index is 578. The van der Waals surface area contributed by atoms with Crippen molar-refractivity contribution in [2.24, 2.45) is 0 Å². The number of halogens is 5. The van der Waals surface area contributed by atoms with Crippen LogP contribution in [0.5, 0.6) is 0 Å². The number of alkyl halides is 3. The third-order valence-electron chi connectivity index (χ3n) is 1.96. The third kappa shape index (κ3) is 5.55. The maximum atomic E-state index is 11.9. The molecule has 0 fully saturated rings. The zero-order valence-corrected chi connectivity index (χ0v) is 12.6. The predicted molar refractivity (Wildman–Crippen MR) is 70.5 cm³/mol. The van der Waals surface area contributed by atoms with E-state index in [2.05, 4.69) is 15.9 Å². The van der Waals surface area contributed by atoms with Gasteiger partial charge in [0, 0.05) is 9.50 Å². The van der Waals surface area contributed by atoms with Crippen LogP contribution in [-0.4, -0.2) is 21.1 Å². The van der Waals surface area contributed by atoms with Crippen LogP contribution < -0.4 is 9.44 Å². The molecule has 0 aliphatic carbocycles. The first-order valence-electron chi connectivity index (χ1n) is 4.80. The molecule has 4 nitrogen and oxygen atoms in total. The van der Waals surface area contributed by atoms with E-state index in [4.69, 9.17) is 11.6 Å². The van der Waals surface area contributed by atoms with Gasteiger partial charge in [-0.2, -0.15) is 26.3 Å². The van der Waals surface area contributed by atoms with E-state index in [1.54, 1.807) is 13.0 Å². The molecule has 0 amide bonds. The molecule has 0 saturated heterocycles. The minimum Gasteiger partial charge on any atom is -0.270 e. The van der Waals surface area contributed by atoms with Gasteiger partial charge in [-0.15, -0.1) is 0 Å². The van der Waals surface area contributed by atoms with Gasteiger partial charge in [0.05, 0.1) is 5.69 Å². The Labute approximate surface area is 121 Å². The molecule has 108 valence electrons. The third-order valence-corrected chi connectivity index (χ3v) is 4.03. The maximum Gasteiger partial charge on any atom is 0.402 e. The Morgan fingerprint density at radius 2 is 1.95 bits per heavy atom.